The van der Waals surface area contributed by atoms with Gasteiger partial charge in [0.2, 0.25) is 0 Å². The molecule has 0 aliphatic heterocycles. The molecular formula is C13H17N3O. The van der Waals surface area contributed by atoms with Gasteiger partial charge in [-0.3, -0.25) is 0 Å². The zero-order valence-corrected chi connectivity index (χ0v) is 9.94. The van der Waals surface area contributed by atoms with Crippen molar-refractivity contribution in [1.82, 2.24) is 0 Å². The van der Waals surface area contributed by atoms with E-state index in [4.69, 9.17) is 15.7 Å². The fraction of sp³-hybridized carbons (Fsp3) is 0.462. The molecule has 1 fully saturated rings. The molecule has 3 N–H and O–H groups in total. The van der Waals surface area contributed by atoms with Crippen LogP contribution >= 0.6 is 0 Å². The second-order valence-corrected chi connectivity index (χ2v) is 4.43. The van der Waals surface area contributed by atoms with Gasteiger partial charge in [0.25, 0.3) is 0 Å². The molecule has 4 heteroatoms. The van der Waals surface area contributed by atoms with E-state index in [1.807, 2.05) is 6.07 Å². The zero-order valence-electron chi connectivity index (χ0n) is 9.94. The minimum absolute atomic E-state index is 0.354. The summed E-state index contributed by atoms with van der Waals surface area (Å²) in [5.41, 5.74) is 8.03. The van der Waals surface area contributed by atoms with Crippen LogP contribution in [0.5, 0.6) is 0 Å². The lowest BCUT2D eigenvalue weighted by molar-refractivity contribution is 0.108. The van der Waals surface area contributed by atoms with Crippen LogP contribution in [0.2, 0.25) is 0 Å². The summed E-state index contributed by atoms with van der Waals surface area (Å²) >= 11 is 0. The van der Waals surface area contributed by atoms with E-state index in [0.717, 1.165) is 24.9 Å². The number of nitrogens with zero attached hydrogens (tertiary/aromatic N) is 1. The van der Waals surface area contributed by atoms with Crippen molar-refractivity contribution in [3.8, 4) is 6.07 Å². The first-order valence-electron chi connectivity index (χ1n) is 5.82. The molecule has 0 amide bonds. The van der Waals surface area contributed by atoms with Gasteiger partial charge in [-0.1, -0.05) is 0 Å². The number of anilines is 2. The van der Waals surface area contributed by atoms with Crippen molar-refractivity contribution in [2.24, 2.45) is 0 Å². The topological polar surface area (TPSA) is 71.1 Å². The lowest BCUT2D eigenvalue weighted by atomic mass is 10.1. The number of nitrogens with one attached hydrogen (secondary N) is 1. The highest BCUT2D eigenvalue weighted by atomic mass is 16.5. The molecule has 17 heavy (non-hydrogen) atoms. The van der Waals surface area contributed by atoms with Crippen LogP contribution in [-0.2, 0) is 4.74 Å². The number of hydrogen-bond acceptors (Lipinski definition) is 4. The molecule has 0 saturated heterocycles. The Morgan fingerprint density at radius 1 is 1.47 bits per heavy atom. The van der Waals surface area contributed by atoms with Gasteiger partial charge in [-0.2, -0.15) is 5.26 Å². The highest BCUT2D eigenvalue weighted by Crippen LogP contribution is 2.27. The Bertz CT molecular complexity index is 439. The van der Waals surface area contributed by atoms with Crippen molar-refractivity contribution < 1.29 is 4.74 Å². The number of nitrogens with two attached hydrogens (primary N) is 1. The van der Waals surface area contributed by atoms with Crippen molar-refractivity contribution in [3.05, 3.63) is 23.8 Å². The van der Waals surface area contributed by atoms with Crippen molar-refractivity contribution in [2.45, 2.75) is 31.4 Å². The second-order valence-electron chi connectivity index (χ2n) is 4.43. The highest BCUT2D eigenvalue weighted by molar-refractivity contribution is 5.68. The fourth-order valence-electron chi connectivity index (χ4n) is 2.27. The fourth-order valence-corrected chi connectivity index (χ4v) is 2.27. The van der Waals surface area contributed by atoms with Crippen molar-refractivity contribution >= 4 is 11.4 Å². The minimum atomic E-state index is 0.354. The molecule has 1 aromatic rings. The Morgan fingerprint density at radius 3 is 2.88 bits per heavy atom. The van der Waals surface area contributed by atoms with Crippen molar-refractivity contribution in [2.75, 3.05) is 18.2 Å². The van der Waals surface area contributed by atoms with E-state index in [9.17, 15) is 0 Å². The summed E-state index contributed by atoms with van der Waals surface area (Å²) in [6.45, 7) is 0. The summed E-state index contributed by atoms with van der Waals surface area (Å²) in [6.07, 6.45) is 3.55. The van der Waals surface area contributed by atoms with Gasteiger partial charge in [-0.15, -0.1) is 0 Å². The van der Waals surface area contributed by atoms with Gasteiger partial charge in [0, 0.05) is 13.2 Å². The summed E-state index contributed by atoms with van der Waals surface area (Å²) in [5.74, 6) is 0. The standard InChI is InChI=1S/C13H17N3O/c1-17-11-4-3-10(7-11)16-13-5-2-9(8-14)6-12(13)15/h2,5-6,10-11,16H,3-4,7,15H2,1H3. The Hall–Kier alpha value is -1.73. The van der Waals surface area contributed by atoms with Gasteiger partial charge in [0.15, 0.2) is 0 Å². The lowest BCUT2D eigenvalue weighted by Gasteiger charge is -2.16. The molecule has 0 bridgehead atoms. The van der Waals surface area contributed by atoms with E-state index in [1.165, 1.54) is 0 Å². The third-order valence-electron chi connectivity index (χ3n) is 3.26. The van der Waals surface area contributed by atoms with Crippen LogP contribution in [0.25, 0.3) is 0 Å². The number of rotatable bonds is 3. The summed E-state index contributed by atoms with van der Waals surface area (Å²) in [4.78, 5) is 0. The van der Waals surface area contributed by atoms with Crippen molar-refractivity contribution in [3.63, 3.8) is 0 Å². The molecule has 90 valence electrons. The molecule has 0 spiro atoms. The molecule has 2 atom stereocenters. The third kappa shape index (κ3) is 2.69. The number of ether oxygens (including phenoxy) is 1. The lowest BCUT2D eigenvalue weighted by Crippen LogP contribution is -2.18. The van der Waals surface area contributed by atoms with Gasteiger partial charge in [-0.05, 0) is 37.5 Å². The molecule has 1 aliphatic carbocycles. The second kappa shape index (κ2) is 5.07. The van der Waals surface area contributed by atoms with Gasteiger partial charge in [0.05, 0.1) is 29.1 Å². The predicted molar refractivity (Wildman–Crippen MR) is 67.6 cm³/mol. The number of methoxy groups -OCH3 is 1. The molecule has 2 rings (SSSR count). The normalized spacial score (nSPS) is 23.3. The van der Waals surface area contributed by atoms with E-state index in [0.29, 0.717) is 23.4 Å². The Morgan fingerprint density at radius 2 is 2.29 bits per heavy atom. The van der Waals surface area contributed by atoms with Crippen LogP contribution < -0.4 is 11.1 Å². The first-order valence-corrected chi connectivity index (χ1v) is 5.82. The summed E-state index contributed by atoms with van der Waals surface area (Å²) < 4.78 is 5.33. The Labute approximate surface area is 101 Å². The largest absolute Gasteiger partial charge is 0.397 e. The molecule has 1 saturated carbocycles. The summed E-state index contributed by atoms with van der Waals surface area (Å²) in [7, 11) is 1.75. The third-order valence-corrected chi connectivity index (χ3v) is 3.26. The molecule has 4 nitrogen and oxygen atoms in total. The Balaban J connectivity index is 2.02. The van der Waals surface area contributed by atoms with E-state index < -0.39 is 0 Å². The van der Waals surface area contributed by atoms with Crippen LogP contribution in [-0.4, -0.2) is 19.3 Å². The van der Waals surface area contributed by atoms with Gasteiger partial charge in [-0.25, -0.2) is 0 Å². The first-order chi connectivity index (χ1) is 8.22. The predicted octanol–water partition coefficient (Wildman–Crippen LogP) is 2.12. The van der Waals surface area contributed by atoms with Gasteiger partial charge < -0.3 is 15.8 Å². The minimum Gasteiger partial charge on any atom is -0.397 e. The van der Waals surface area contributed by atoms with Crippen LogP contribution in [0.15, 0.2) is 18.2 Å². The maximum absolute atomic E-state index is 8.76. The molecule has 0 heterocycles. The number of hydrogen-bond donors (Lipinski definition) is 2. The molecule has 1 aromatic carbocycles. The SMILES string of the molecule is COC1CCC(Nc2ccc(C#N)cc2N)C1. The molecule has 0 radical (unpaired) electrons. The highest BCUT2D eigenvalue weighted by Gasteiger charge is 2.24. The van der Waals surface area contributed by atoms with Crippen LogP contribution in [0.3, 0.4) is 0 Å². The average molecular weight is 231 g/mol. The maximum atomic E-state index is 8.76. The molecule has 0 aromatic heterocycles. The Kier molecular flexibility index (Phi) is 3.50. The first kappa shape index (κ1) is 11.7. The van der Waals surface area contributed by atoms with Gasteiger partial charge in [0.1, 0.15) is 0 Å². The van der Waals surface area contributed by atoms with Crippen LogP contribution in [0, 0.1) is 11.3 Å². The van der Waals surface area contributed by atoms with Gasteiger partial charge >= 0.3 is 0 Å². The molecule has 2 unspecified atom stereocenters. The zero-order chi connectivity index (χ0) is 12.3. The smallest absolute Gasteiger partial charge is 0.0992 e. The van der Waals surface area contributed by atoms with E-state index in [-0.39, 0.29) is 0 Å². The van der Waals surface area contributed by atoms with E-state index in [1.54, 1.807) is 19.2 Å². The van der Waals surface area contributed by atoms with Crippen LogP contribution in [0.4, 0.5) is 11.4 Å². The number of nitrogen functional groups attached to an aromatic ring is 1. The summed E-state index contributed by atoms with van der Waals surface area (Å²) in [5, 5.41) is 12.2. The quantitative estimate of drug-likeness (QED) is 0.782. The molecule has 1 aliphatic rings. The number of nitriles is 1. The van der Waals surface area contributed by atoms with Crippen LogP contribution in [0.1, 0.15) is 24.8 Å². The molecular weight excluding hydrogens is 214 g/mol. The monoisotopic (exact) mass is 231 g/mol. The van der Waals surface area contributed by atoms with Crippen molar-refractivity contribution in [1.29, 1.82) is 5.26 Å². The van der Waals surface area contributed by atoms with E-state index in [2.05, 4.69) is 11.4 Å². The maximum Gasteiger partial charge on any atom is 0.0992 e. The summed E-state index contributed by atoms with van der Waals surface area (Å²) in [6, 6.07) is 7.84. The average Bonchev–Trinajstić information content (AvgIpc) is 2.79. The van der Waals surface area contributed by atoms with E-state index >= 15 is 0 Å². The number of benzene rings is 1.